The highest BCUT2D eigenvalue weighted by Crippen LogP contribution is 2.41. The predicted molar refractivity (Wildman–Crippen MR) is 127 cm³/mol. The van der Waals surface area contributed by atoms with Gasteiger partial charge >= 0.3 is 12.1 Å². The maximum atomic E-state index is 13.0. The number of ether oxygens (including phenoxy) is 4. The molecule has 1 aromatic rings. The summed E-state index contributed by atoms with van der Waals surface area (Å²) in [7, 11) is 1.43. The number of nitrogens with zero attached hydrogens (tertiary/aromatic N) is 3. The van der Waals surface area contributed by atoms with Gasteiger partial charge in [-0.1, -0.05) is 5.16 Å². The Balaban J connectivity index is 1.72. The minimum absolute atomic E-state index is 0.0438. The molecule has 0 bridgehead atoms. The highest BCUT2D eigenvalue weighted by Gasteiger charge is 2.55. The fourth-order valence-corrected chi connectivity index (χ4v) is 5.24. The third-order valence-corrected chi connectivity index (χ3v) is 6.81. The SMILES string of the molecule is COCC1=C(C(=O)OC(C)OC(=O)OC(C)C)N2C(=O)C(NC(=O)C(=NO)c3csc(N)n3)[C@H]2SC1. The Morgan fingerprint density at radius 1 is 1.31 bits per heavy atom. The Hall–Kier alpha value is -3.37. The molecule has 4 N–H and O–H groups in total. The highest BCUT2D eigenvalue weighted by atomic mass is 32.2. The van der Waals surface area contributed by atoms with Gasteiger partial charge in [0.25, 0.3) is 11.8 Å². The summed E-state index contributed by atoms with van der Waals surface area (Å²) in [6.07, 6.45) is -2.74. The average molecular weight is 544 g/mol. The second-order valence-corrected chi connectivity index (χ2v) is 9.77. The van der Waals surface area contributed by atoms with Crippen molar-refractivity contribution in [2.24, 2.45) is 5.16 Å². The van der Waals surface area contributed by atoms with Crippen LogP contribution in [0.2, 0.25) is 0 Å². The first-order valence-corrected chi connectivity index (χ1v) is 12.5. The number of fused-ring (bicyclic) bond motifs is 1. The smallest absolute Gasteiger partial charge is 0.431 e. The molecule has 1 fully saturated rings. The van der Waals surface area contributed by atoms with Crippen molar-refractivity contribution in [2.75, 3.05) is 25.2 Å². The van der Waals surface area contributed by atoms with Crippen LogP contribution < -0.4 is 11.1 Å². The third-order valence-electron chi connectivity index (χ3n) is 4.79. The van der Waals surface area contributed by atoms with Gasteiger partial charge in [-0.05, 0) is 19.4 Å². The van der Waals surface area contributed by atoms with Gasteiger partial charge in [0.15, 0.2) is 10.8 Å². The number of hydrogen-bond acceptors (Lipinski definition) is 14. The summed E-state index contributed by atoms with van der Waals surface area (Å²) >= 11 is 2.34. The average Bonchev–Trinajstić information content (AvgIpc) is 3.22. The van der Waals surface area contributed by atoms with Crippen LogP contribution in [-0.4, -0.2) is 88.0 Å². The number of thiazole rings is 1. The van der Waals surface area contributed by atoms with Gasteiger partial charge in [-0.3, -0.25) is 14.5 Å². The summed E-state index contributed by atoms with van der Waals surface area (Å²) in [6.45, 7) is 4.63. The molecular formula is C20H25N5O9S2. The molecule has 0 aliphatic carbocycles. The second-order valence-electron chi connectivity index (χ2n) is 7.77. The zero-order valence-electron chi connectivity index (χ0n) is 19.7. The maximum absolute atomic E-state index is 13.0. The fourth-order valence-electron chi connectivity index (χ4n) is 3.36. The van der Waals surface area contributed by atoms with E-state index in [9.17, 15) is 24.4 Å². The highest BCUT2D eigenvalue weighted by molar-refractivity contribution is 8.00. The number of rotatable bonds is 9. The molecule has 1 aromatic heterocycles. The zero-order chi connectivity index (χ0) is 26.6. The van der Waals surface area contributed by atoms with E-state index in [1.54, 1.807) is 13.8 Å². The number of aromatic nitrogens is 1. The molecule has 196 valence electrons. The van der Waals surface area contributed by atoms with E-state index < -0.39 is 53.5 Å². The molecule has 1 saturated heterocycles. The number of hydrogen-bond donors (Lipinski definition) is 3. The number of amides is 2. The van der Waals surface area contributed by atoms with Crippen LogP contribution in [0, 0.1) is 0 Å². The number of anilines is 1. The lowest BCUT2D eigenvalue weighted by Gasteiger charge is -2.49. The van der Waals surface area contributed by atoms with Gasteiger partial charge in [0, 0.05) is 25.2 Å². The Bertz CT molecular complexity index is 1100. The minimum Gasteiger partial charge on any atom is -0.431 e. The van der Waals surface area contributed by atoms with Gasteiger partial charge in [0.05, 0.1) is 12.7 Å². The van der Waals surface area contributed by atoms with E-state index in [1.807, 2.05) is 0 Å². The molecule has 3 heterocycles. The number of carbonyl (C=O) groups is 4. The van der Waals surface area contributed by atoms with Crippen molar-refractivity contribution in [1.82, 2.24) is 15.2 Å². The number of carbonyl (C=O) groups excluding carboxylic acids is 4. The molecule has 0 radical (unpaired) electrons. The Kier molecular flexibility index (Phi) is 8.75. The van der Waals surface area contributed by atoms with E-state index in [0.717, 1.165) is 11.3 Å². The van der Waals surface area contributed by atoms with E-state index in [2.05, 4.69) is 15.5 Å². The Morgan fingerprint density at radius 2 is 2.03 bits per heavy atom. The molecule has 2 amide bonds. The third kappa shape index (κ3) is 5.88. The Labute approximate surface area is 213 Å². The van der Waals surface area contributed by atoms with Crippen LogP contribution in [0.4, 0.5) is 9.93 Å². The van der Waals surface area contributed by atoms with E-state index in [-0.39, 0.29) is 23.1 Å². The van der Waals surface area contributed by atoms with E-state index in [4.69, 9.17) is 24.7 Å². The number of nitrogens with two attached hydrogens (primary N) is 1. The van der Waals surface area contributed by atoms with Crippen molar-refractivity contribution in [3.63, 3.8) is 0 Å². The summed E-state index contributed by atoms with van der Waals surface area (Å²) in [4.78, 5) is 55.4. The molecule has 3 atom stereocenters. The second kappa shape index (κ2) is 11.6. The van der Waals surface area contributed by atoms with Gasteiger partial charge in [-0.2, -0.15) is 0 Å². The van der Waals surface area contributed by atoms with Crippen LogP contribution in [0.15, 0.2) is 21.8 Å². The number of nitrogen functional groups attached to an aromatic ring is 1. The lowest BCUT2D eigenvalue weighted by atomic mass is 10.0. The first kappa shape index (κ1) is 27.2. The topological polar surface area (TPSA) is 192 Å². The summed E-state index contributed by atoms with van der Waals surface area (Å²) < 4.78 is 20.1. The van der Waals surface area contributed by atoms with Crippen molar-refractivity contribution < 1.29 is 43.3 Å². The number of oxime groups is 1. The molecule has 3 rings (SSSR count). The molecule has 2 aliphatic rings. The maximum Gasteiger partial charge on any atom is 0.511 e. The number of β-lactam (4-membered cyclic amide) rings is 1. The van der Waals surface area contributed by atoms with E-state index in [1.165, 1.54) is 36.1 Å². The number of thioether (sulfide) groups is 1. The van der Waals surface area contributed by atoms with Crippen molar-refractivity contribution in [3.8, 4) is 0 Å². The lowest BCUT2D eigenvalue weighted by Crippen LogP contribution is -2.71. The summed E-state index contributed by atoms with van der Waals surface area (Å²) in [5.74, 6) is -2.05. The first-order chi connectivity index (χ1) is 17.1. The van der Waals surface area contributed by atoms with E-state index in [0.29, 0.717) is 11.3 Å². The largest absolute Gasteiger partial charge is 0.511 e. The number of nitrogens with one attached hydrogen (secondary N) is 1. The molecule has 36 heavy (non-hydrogen) atoms. The normalized spacial score (nSPS) is 20.4. The van der Waals surface area contributed by atoms with Crippen molar-refractivity contribution in [3.05, 3.63) is 22.3 Å². The minimum atomic E-state index is -1.30. The van der Waals surface area contributed by atoms with Gasteiger partial charge in [-0.25, -0.2) is 14.6 Å². The van der Waals surface area contributed by atoms with Crippen molar-refractivity contribution in [1.29, 1.82) is 0 Å². The van der Waals surface area contributed by atoms with Crippen LogP contribution in [0.3, 0.4) is 0 Å². The fraction of sp³-hybridized carbons (Fsp3) is 0.500. The summed E-state index contributed by atoms with van der Waals surface area (Å²) in [5, 5.41) is 15.7. The molecule has 2 unspecified atom stereocenters. The van der Waals surface area contributed by atoms with Crippen LogP contribution in [-0.2, 0) is 33.3 Å². The standard InChI is InChI=1S/C20H25N5O9S2/c1-8(2)32-20(29)34-9(3)33-18(28)14-10(5-31-4)6-35-17-13(16(27)25(14)17)23-15(26)12(24-30)11-7-36-19(21)22-11/h7-9,13,17,30H,5-6H2,1-4H3,(H2,21,22)(H,23,26)/t9?,13?,17-/m1/s1. The Morgan fingerprint density at radius 3 is 2.61 bits per heavy atom. The molecule has 0 saturated carbocycles. The quantitative estimate of drug-likeness (QED) is 0.0985. The van der Waals surface area contributed by atoms with Gasteiger partial charge in [0.2, 0.25) is 6.29 Å². The molecule has 0 spiro atoms. The van der Waals surface area contributed by atoms with E-state index >= 15 is 0 Å². The van der Waals surface area contributed by atoms with Gasteiger partial charge < -0.3 is 35.2 Å². The van der Waals surface area contributed by atoms with Gasteiger partial charge in [-0.15, -0.1) is 23.1 Å². The van der Waals surface area contributed by atoms with Crippen molar-refractivity contribution in [2.45, 2.75) is 44.6 Å². The molecule has 16 heteroatoms. The molecular weight excluding hydrogens is 518 g/mol. The monoisotopic (exact) mass is 543 g/mol. The molecule has 14 nitrogen and oxygen atoms in total. The van der Waals surface area contributed by atoms with Crippen LogP contribution in [0.5, 0.6) is 0 Å². The molecule has 0 aromatic carbocycles. The van der Waals surface area contributed by atoms with Crippen LogP contribution >= 0.6 is 23.1 Å². The number of esters is 1. The first-order valence-electron chi connectivity index (χ1n) is 10.6. The van der Waals surface area contributed by atoms with Gasteiger partial charge in [0.1, 0.15) is 22.8 Å². The summed E-state index contributed by atoms with van der Waals surface area (Å²) in [5.41, 5.74) is 5.62. The lowest BCUT2D eigenvalue weighted by molar-refractivity contribution is -0.169. The predicted octanol–water partition coefficient (Wildman–Crippen LogP) is 0.655. The van der Waals surface area contributed by atoms with Crippen LogP contribution in [0.1, 0.15) is 26.5 Å². The van der Waals surface area contributed by atoms with Crippen molar-refractivity contribution >= 4 is 57.9 Å². The van der Waals surface area contributed by atoms with Crippen LogP contribution in [0.25, 0.3) is 0 Å². The summed E-state index contributed by atoms with van der Waals surface area (Å²) in [6, 6.07) is -1.02. The zero-order valence-corrected chi connectivity index (χ0v) is 21.4. The molecule has 2 aliphatic heterocycles. The number of methoxy groups -OCH3 is 1.